The average molecular weight is 411 g/mol. The van der Waals surface area contributed by atoms with E-state index in [-0.39, 0.29) is 30.1 Å². The number of halogens is 1. The van der Waals surface area contributed by atoms with Crippen LogP contribution in [0.3, 0.4) is 0 Å². The van der Waals surface area contributed by atoms with Crippen LogP contribution in [-0.4, -0.2) is 57.4 Å². The zero-order valence-corrected chi connectivity index (χ0v) is 15.0. The minimum absolute atomic E-state index is 0. The van der Waals surface area contributed by atoms with Crippen molar-refractivity contribution in [2.24, 2.45) is 4.99 Å². The number of hydrogen-bond donors (Lipinski definition) is 1. The van der Waals surface area contributed by atoms with Gasteiger partial charge >= 0.3 is 0 Å². The number of aliphatic imine (C=N–C) groups is 1. The summed E-state index contributed by atoms with van der Waals surface area (Å²) in [5.74, 6) is 0.929. The van der Waals surface area contributed by atoms with Crippen molar-refractivity contribution >= 4 is 41.3 Å². The maximum Gasteiger partial charge on any atom is 0.194 e. The molecular formula is C13H22IN3O2S. The lowest BCUT2D eigenvalue weighted by Gasteiger charge is -2.34. The summed E-state index contributed by atoms with van der Waals surface area (Å²) >= 11 is 1.75. The van der Waals surface area contributed by atoms with E-state index >= 15 is 0 Å². The highest BCUT2D eigenvalue weighted by Gasteiger charge is 2.22. The van der Waals surface area contributed by atoms with Crippen LogP contribution < -0.4 is 5.32 Å². The Morgan fingerprint density at radius 2 is 2.50 bits per heavy atom. The molecule has 1 N–H and O–H groups in total. The number of thiophene rings is 1. The third-order valence-corrected chi connectivity index (χ3v) is 3.88. The fourth-order valence-corrected chi connectivity index (χ4v) is 2.75. The molecule has 2 heterocycles. The Morgan fingerprint density at radius 1 is 1.65 bits per heavy atom. The standard InChI is InChI=1S/C13H21N3O2S.HI/c1-14-13(15-8-12-4-3-7-19-12)16-5-6-18-11(9-16)10-17-2;/h3-4,7,11H,5-6,8-10H2,1-2H3,(H,14,15);1H. The van der Waals surface area contributed by atoms with Gasteiger partial charge in [-0.3, -0.25) is 4.99 Å². The molecule has 1 aliphatic heterocycles. The van der Waals surface area contributed by atoms with Gasteiger partial charge in [-0.1, -0.05) is 6.07 Å². The fraction of sp³-hybridized carbons (Fsp3) is 0.615. The van der Waals surface area contributed by atoms with Crippen molar-refractivity contribution in [2.45, 2.75) is 12.6 Å². The van der Waals surface area contributed by atoms with Gasteiger partial charge in [0.1, 0.15) is 0 Å². The van der Waals surface area contributed by atoms with Crippen LogP contribution in [-0.2, 0) is 16.0 Å². The van der Waals surface area contributed by atoms with E-state index in [4.69, 9.17) is 9.47 Å². The van der Waals surface area contributed by atoms with Gasteiger partial charge in [0.2, 0.25) is 0 Å². The van der Waals surface area contributed by atoms with Crippen molar-refractivity contribution in [3.63, 3.8) is 0 Å². The van der Waals surface area contributed by atoms with Gasteiger partial charge in [-0.25, -0.2) is 0 Å². The molecule has 0 aromatic carbocycles. The van der Waals surface area contributed by atoms with E-state index in [2.05, 4.69) is 32.7 Å². The molecule has 0 aliphatic carbocycles. The Labute approximate surface area is 141 Å². The monoisotopic (exact) mass is 411 g/mol. The molecule has 0 saturated carbocycles. The van der Waals surface area contributed by atoms with Gasteiger partial charge in [0.15, 0.2) is 5.96 Å². The van der Waals surface area contributed by atoms with Crippen LogP contribution in [0.5, 0.6) is 0 Å². The fourth-order valence-electron chi connectivity index (χ4n) is 2.11. The van der Waals surface area contributed by atoms with Crippen LogP contribution >= 0.6 is 35.3 Å². The molecule has 7 heteroatoms. The third kappa shape index (κ3) is 5.19. The van der Waals surface area contributed by atoms with Crippen LogP contribution in [0.1, 0.15) is 4.88 Å². The van der Waals surface area contributed by atoms with Gasteiger partial charge in [0.25, 0.3) is 0 Å². The predicted octanol–water partition coefficient (Wildman–Crippen LogP) is 1.79. The molecule has 0 radical (unpaired) electrons. The van der Waals surface area contributed by atoms with E-state index in [0.717, 1.165) is 25.6 Å². The SMILES string of the molecule is CN=C(NCc1cccs1)N1CCOC(COC)C1.I. The molecule has 1 atom stereocenters. The van der Waals surface area contributed by atoms with E-state index in [1.54, 1.807) is 18.4 Å². The van der Waals surface area contributed by atoms with Gasteiger partial charge in [-0.15, -0.1) is 35.3 Å². The quantitative estimate of drug-likeness (QED) is 0.466. The van der Waals surface area contributed by atoms with E-state index < -0.39 is 0 Å². The van der Waals surface area contributed by atoms with Gasteiger partial charge in [0, 0.05) is 32.1 Å². The molecule has 0 bridgehead atoms. The van der Waals surface area contributed by atoms with E-state index in [0.29, 0.717) is 13.2 Å². The van der Waals surface area contributed by atoms with Crippen molar-refractivity contribution < 1.29 is 9.47 Å². The molecule has 0 amide bonds. The molecule has 0 spiro atoms. The first-order valence-electron chi connectivity index (χ1n) is 6.42. The van der Waals surface area contributed by atoms with Gasteiger partial charge in [0.05, 0.1) is 25.9 Å². The Morgan fingerprint density at radius 3 is 3.15 bits per heavy atom. The summed E-state index contributed by atoms with van der Waals surface area (Å²) in [6.45, 7) is 3.84. The number of rotatable bonds is 4. The highest BCUT2D eigenvalue weighted by Crippen LogP contribution is 2.09. The summed E-state index contributed by atoms with van der Waals surface area (Å²) < 4.78 is 10.8. The number of hydrogen-bond acceptors (Lipinski definition) is 4. The molecule has 2 rings (SSSR count). The number of guanidine groups is 1. The number of nitrogens with one attached hydrogen (secondary N) is 1. The van der Waals surface area contributed by atoms with Crippen molar-refractivity contribution in [2.75, 3.05) is 40.5 Å². The third-order valence-electron chi connectivity index (χ3n) is 3.00. The summed E-state index contributed by atoms with van der Waals surface area (Å²) in [5, 5.41) is 5.48. The molecule has 20 heavy (non-hydrogen) atoms. The van der Waals surface area contributed by atoms with Gasteiger partial charge in [-0.2, -0.15) is 0 Å². The first-order valence-corrected chi connectivity index (χ1v) is 7.30. The molecule has 1 aromatic heterocycles. The molecule has 1 fully saturated rings. The lowest BCUT2D eigenvalue weighted by atomic mass is 10.3. The maximum absolute atomic E-state index is 5.65. The minimum atomic E-state index is 0. The largest absolute Gasteiger partial charge is 0.382 e. The maximum atomic E-state index is 5.65. The molecule has 1 aromatic rings. The molecule has 114 valence electrons. The molecule has 1 unspecified atom stereocenters. The second kappa shape index (κ2) is 9.54. The normalized spacial score (nSPS) is 19.6. The summed E-state index contributed by atoms with van der Waals surface area (Å²) in [6.07, 6.45) is 0.124. The van der Waals surface area contributed by atoms with Gasteiger partial charge in [-0.05, 0) is 11.4 Å². The zero-order valence-electron chi connectivity index (χ0n) is 11.9. The van der Waals surface area contributed by atoms with Gasteiger partial charge < -0.3 is 19.7 Å². The summed E-state index contributed by atoms with van der Waals surface area (Å²) in [6, 6.07) is 4.19. The lowest BCUT2D eigenvalue weighted by molar-refractivity contribution is -0.0447. The Bertz CT molecular complexity index is 398. The smallest absolute Gasteiger partial charge is 0.194 e. The summed E-state index contributed by atoms with van der Waals surface area (Å²) in [7, 11) is 3.52. The van der Waals surface area contributed by atoms with Crippen LogP contribution in [0.2, 0.25) is 0 Å². The van der Waals surface area contributed by atoms with Crippen molar-refractivity contribution in [3.8, 4) is 0 Å². The zero-order chi connectivity index (χ0) is 13.5. The highest BCUT2D eigenvalue weighted by atomic mass is 127. The summed E-state index contributed by atoms with van der Waals surface area (Å²) in [5.41, 5.74) is 0. The Kier molecular flexibility index (Phi) is 8.43. The van der Waals surface area contributed by atoms with Crippen molar-refractivity contribution in [1.29, 1.82) is 0 Å². The average Bonchev–Trinajstić information content (AvgIpc) is 2.94. The Balaban J connectivity index is 0.00000200. The second-order valence-electron chi connectivity index (χ2n) is 4.37. The van der Waals surface area contributed by atoms with Crippen LogP contribution in [0, 0.1) is 0 Å². The number of nitrogens with zero attached hydrogens (tertiary/aromatic N) is 2. The highest BCUT2D eigenvalue weighted by molar-refractivity contribution is 14.0. The molecular weight excluding hydrogens is 389 g/mol. The topological polar surface area (TPSA) is 46.1 Å². The number of ether oxygens (including phenoxy) is 2. The first-order chi connectivity index (χ1) is 9.33. The minimum Gasteiger partial charge on any atom is -0.382 e. The predicted molar refractivity (Wildman–Crippen MR) is 93.1 cm³/mol. The number of methoxy groups -OCH3 is 1. The summed E-state index contributed by atoms with van der Waals surface area (Å²) in [4.78, 5) is 7.88. The van der Waals surface area contributed by atoms with Crippen molar-refractivity contribution in [1.82, 2.24) is 10.2 Å². The lowest BCUT2D eigenvalue weighted by Crippen LogP contribution is -2.51. The van der Waals surface area contributed by atoms with E-state index in [1.807, 2.05) is 7.05 Å². The molecule has 5 nitrogen and oxygen atoms in total. The van der Waals surface area contributed by atoms with E-state index in [9.17, 15) is 0 Å². The van der Waals surface area contributed by atoms with Crippen molar-refractivity contribution in [3.05, 3.63) is 22.4 Å². The van der Waals surface area contributed by atoms with Crippen LogP contribution in [0.4, 0.5) is 0 Å². The second-order valence-corrected chi connectivity index (χ2v) is 5.41. The van der Waals surface area contributed by atoms with Crippen LogP contribution in [0.25, 0.3) is 0 Å². The molecule has 1 saturated heterocycles. The molecule has 1 aliphatic rings. The van der Waals surface area contributed by atoms with Crippen LogP contribution in [0.15, 0.2) is 22.5 Å². The van der Waals surface area contributed by atoms with E-state index in [1.165, 1.54) is 4.88 Å². The first kappa shape index (κ1) is 17.7. The Hall–Kier alpha value is -0.380. The number of morpholine rings is 1.